The molecule has 14 heavy (non-hydrogen) atoms. The van der Waals surface area contributed by atoms with Crippen molar-refractivity contribution in [3.63, 3.8) is 0 Å². The lowest BCUT2D eigenvalue weighted by atomic mass is 10.1. The van der Waals surface area contributed by atoms with Crippen LogP contribution >= 0.6 is 0 Å². The van der Waals surface area contributed by atoms with Crippen LogP contribution in [0.2, 0.25) is 0 Å². The first kappa shape index (κ1) is 9.71. The van der Waals surface area contributed by atoms with Gasteiger partial charge in [-0.3, -0.25) is 0 Å². The largest absolute Gasteiger partial charge is 0.475 e. The molecule has 0 saturated heterocycles. The van der Waals surface area contributed by atoms with Gasteiger partial charge in [-0.2, -0.15) is 0 Å². The van der Waals surface area contributed by atoms with Crippen LogP contribution in [-0.4, -0.2) is 43.1 Å². The fraction of sp³-hybridized carbons (Fsp3) is 0.727. The van der Waals surface area contributed by atoms with Crippen molar-refractivity contribution in [2.75, 3.05) is 26.7 Å². The van der Waals surface area contributed by atoms with Gasteiger partial charge in [0.1, 0.15) is 6.61 Å². The van der Waals surface area contributed by atoms with Crippen LogP contribution in [0.15, 0.2) is 16.6 Å². The van der Waals surface area contributed by atoms with E-state index in [0.717, 1.165) is 25.4 Å². The Morgan fingerprint density at radius 3 is 2.86 bits per heavy atom. The first-order valence-corrected chi connectivity index (χ1v) is 5.17. The molecule has 0 bridgehead atoms. The molecule has 0 radical (unpaired) electrons. The smallest absolute Gasteiger partial charge is 0.213 e. The maximum atomic E-state index is 5.61. The average Bonchev–Trinajstić information content (AvgIpc) is 2.46. The molecule has 0 atom stereocenters. The van der Waals surface area contributed by atoms with Crippen LogP contribution in [0, 0.1) is 0 Å². The summed E-state index contributed by atoms with van der Waals surface area (Å²) in [6.07, 6.45) is 3.36. The third-order valence-electron chi connectivity index (χ3n) is 2.58. The quantitative estimate of drug-likeness (QED) is 0.631. The highest BCUT2D eigenvalue weighted by atomic mass is 16.5. The van der Waals surface area contributed by atoms with Crippen molar-refractivity contribution >= 4 is 5.90 Å². The first-order chi connectivity index (χ1) is 6.57. The van der Waals surface area contributed by atoms with Crippen molar-refractivity contribution in [1.29, 1.82) is 0 Å². The first-order valence-electron chi connectivity index (χ1n) is 5.17. The van der Waals surface area contributed by atoms with Gasteiger partial charge in [0, 0.05) is 18.7 Å². The van der Waals surface area contributed by atoms with E-state index in [1.807, 2.05) is 0 Å². The molecule has 2 heterocycles. The standard InChI is InChI=1S/C11H18N2O/c1-11(2)8-14-10(12-11)9-5-4-6-13(3)7-9/h5H,4,6-8H2,1-3H3. The molecule has 0 saturated carbocycles. The van der Waals surface area contributed by atoms with E-state index in [1.54, 1.807) is 0 Å². The van der Waals surface area contributed by atoms with Crippen molar-refractivity contribution < 1.29 is 4.74 Å². The summed E-state index contributed by atoms with van der Waals surface area (Å²) >= 11 is 0. The van der Waals surface area contributed by atoms with Crippen molar-refractivity contribution in [2.45, 2.75) is 25.8 Å². The van der Waals surface area contributed by atoms with Gasteiger partial charge in [0.25, 0.3) is 0 Å². The fourth-order valence-corrected chi connectivity index (χ4v) is 1.80. The summed E-state index contributed by atoms with van der Waals surface area (Å²) in [7, 11) is 2.13. The lowest BCUT2D eigenvalue weighted by Crippen LogP contribution is -2.28. The Balaban J connectivity index is 2.13. The van der Waals surface area contributed by atoms with E-state index in [-0.39, 0.29) is 5.54 Å². The lowest BCUT2D eigenvalue weighted by Gasteiger charge is -2.22. The molecule has 2 aliphatic rings. The normalized spacial score (nSPS) is 26.8. The average molecular weight is 194 g/mol. The van der Waals surface area contributed by atoms with Crippen LogP contribution in [0.5, 0.6) is 0 Å². The third kappa shape index (κ3) is 1.98. The molecule has 0 aromatic carbocycles. The van der Waals surface area contributed by atoms with Crippen molar-refractivity contribution in [2.24, 2.45) is 4.99 Å². The minimum absolute atomic E-state index is 0.0355. The van der Waals surface area contributed by atoms with Gasteiger partial charge in [0.15, 0.2) is 0 Å². The second-order valence-corrected chi connectivity index (χ2v) is 4.77. The number of rotatable bonds is 1. The van der Waals surface area contributed by atoms with Crippen LogP contribution in [-0.2, 0) is 4.74 Å². The topological polar surface area (TPSA) is 24.8 Å². The van der Waals surface area contributed by atoms with E-state index in [9.17, 15) is 0 Å². The minimum Gasteiger partial charge on any atom is -0.475 e. The van der Waals surface area contributed by atoms with Gasteiger partial charge in [-0.1, -0.05) is 6.08 Å². The van der Waals surface area contributed by atoms with Crippen LogP contribution in [0.25, 0.3) is 0 Å². The summed E-state index contributed by atoms with van der Waals surface area (Å²) in [5.41, 5.74) is 1.22. The van der Waals surface area contributed by atoms with Gasteiger partial charge in [0.2, 0.25) is 5.90 Å². The number of ether oxygens (including phenoxy) is 1. The molecule has 3 heteroatoms. The Bertz CT molecular complexity index is 292. The van der Waals surface area contributed by atoms with Crippen molar-refractivity contribution in [3.8, 4) is 0 Å². The molecule has 0 aromatic rings. The van der Waals surface area contributed by atoms with Crippen LogP contribution in [0.3, 0.4) is 0 Å². The van der Waals surface area contributed by atoms with Gasteiger partial charge >= 0.3 is 0 Å². The highest BCUT2D eigenvalue weighted by Gasteiger charge is 2.28. The van der Waals surface area contributed by atoms with Crippen LogP contribution in [0.4, 0.5) is 0 Å². The second kappa shape index (κ2) is 3.39. The SMILES string of the molecule is CN1CCC=C(C2=NC(C)(C)CO2)C1. The van der Waals surface area contributed by atoms with Gasteiger partial charge in [-0.25, -0.2) is 4.99 Å². The number of hydrogen-bond donors (Lipinski definition) is 0. The highest BCUT2D eigenvalue weighted by molar-refractivity contribution is 5.95. The van der Waals surface area contributed by atoms with E-state index in [1.165, 1.54) is 5.57 Å². The molecule has 0 aliphatic carbocycles. The summed E-state index contributed by atoms with van der Waals surface area (Å²) < 4.78 is 5.61. The van der Waals surface area contributed by atoms with Crippen LogP contribution < -0.4 is 0 Å². The molecule has 0 unspecified atom stereocenters. The lowest BCUT2D eigenvalue weighted by molar-refractivity contribution is 0.274. The predicted octanol–water partition coefficient (Wildman–Crippen LogP) is 1.46. The molecule has 2 rings (SSSR count). The molecule has 0 aromatic heterocycles. The third-order valence-corrected chi connectivity index (χ3v) is 2.58. The molecule has 78 valence electrons. The Kier molecular flexibility index (Phi) is 2.35. The molecular formula is C11H18N2O. The highest BCUT2D eigenvalue weighted by Crippen LogP contribution is 2.22. The molecular weight excluding hydrogens is 176 g/mol. The predicted molar refractivity (Wildman–Crippen MR) is 57.7 cm³/mol. The Labute approximate surface area is 85.5 Å². The maximum absolute atomic E-state index is 5.61. The molecule has 2 aliphatic heterocycles. The fourth-order valence-electron chi connectivity index (χ4n) is 1.80. The molecule has 0 spiro atoms. The van der Waals surface area contributed by atoms with Crippen LogP contribution in [0.1, 0.15) is 20.3 Å². The Hall–Kier alpha value is -0.830. The van der Waals surface area contributed by atoms with Gasteiger partial charge in [0.05, 0.1) is 5.54 Å². The summed E-state index contributed by atoms with van der Waals surface area (Å²) in [4.78, 5) is 6.88. The van der Waals surface area contributed by atoms with E-state index in [0.29, 0.717) is 6.61 Å². The van der Waals surface area contributed by atoms with E-state index in [2.05, 4.69) is 36.9 Å². The molecule has 0 fully saturated rings. The Morgan fingerprint density at radius 2 is 2.29 bits per heavy atom. The van der Waals surface area contributed by atoms with Gasteiger partial charge in [-0.05, 0) is 27.3 Å². The number of likely N-dealkylation sites (N-methyl/N-ethyl adjacent to an activating group) is 1. The van der Waals surface area contributed by atoms with Crippen molar-refractivity contribution in [3.05, 3.63) is 11.6 Å². The molecule has 0 N–H and O–H groups in total. The maximum Gasteiger partial charge on any atom is 0.213 e. The Morgan fingerprint density at radius 1 is 1.50 bits per heavy atom. The van der Waals surface area contributed by atoms with Gasteiger partial charge in [-0.15, -0.1) is 0 Å². The van der Waals surface area contributed by atoms with E-state index in [4.69, 9.17) is 4.74 Å². The van der Waals surface area contributed by atoms with E-state index < -0.39 is 0 Å². The zero-order valence-corrected chi connectivity index (χ0v) is 9.21. The second-order valence-electron chi connectivity index (χ2n) is 4.77. The number of aliphatic imine (C=N–C) groups is 1. The van der Waals surface area contributed by atoms with Crippen molar-refractivity contribution in [1.82, 2.24) is 4.90 Å². The molecule has 0 amide bonds. The summed E-state index contributed by atoms with van der Waals surface area (Å²) in [6.45, 7) is 7.03. The summed E-state index contributed by atoms with van der Waals surface area (Å²) in [5.74, 6) is 0.863. The summed E-state index contributed by atoms with van der Waals surface area (Å²) in [5, 5.41) is 0. The van der Waals surface area contributed by atoms with E-state index >= 15 is 0 Å². The monoisotopic (exact) mass is 194 g/mol. The zero-order chi connectivity index (χ0) is 10.2. The molecule has 3 nitrogen and oxygen atoms in total. The summed E-state index contributed by atoms with van der Waals surface area (Å²) in [6, 6.07) is 0. The number of nitrogens with zero attached hydrogens (tertiary/aromatic N) is 2. The van der Waals surface area contributed by atoms with Gasteiger partial charge < -0.3 is 9.64 Å². The minimum atomic E-state index is -0.0355. The zero-order valence-electron chi connectivity index (χ0n) is 9.21. The number of hydrogen-bond acceptors (Lipinski definition) is 3.